The number of hydrogen-bond acceptors (Lipinski definition) is 3. The van der Waals surface area contributed by atoms with E-state index in [4.69, 9.17) is 9.47 Å². The number of carbonyl (C=O) groups excluding carboxylic acids is 1. The van der Waals surface area contributed by atoms with Crippen molar-refractivity contribution < 1.29 is 14.3 Å². The molecule has 0 N–H and O–H groups in total. The third-order valence-corrected chi connectivity index (χ3v) is 6.24. The molecule has 0 bridgehead atoms. The third-order valence-electron chi connectivity index (χ3n) is 6.24. The summed E-state index contributed by atoms with van der Waals surface area (Å²) in [6.07, 6.45) is 3.47. The van der Waals surface area contributed by atoms with Crippen molar-refractivity contribution in [3.63, 3.8) is 0 Å². The minimum Gasteiger partial charge on any atom is -0.490 e. The number of benzene rings is 2. The first-order valence-electron chi connectivity index (χ1n) is 9.13. The van der Waals surface area contributed by atoms with E-state index in [2.05, 4.69) is 6.07 Å². The van der Waals surface area contributed by atoms with Crippen LogP contribution in [0, 0.1) is 5.92 Å². The second-order valence-corrected chi connectivity index (χ2v) is 7.45. The molecular weight excluding hydrogens is 312 g/mol. The number of Topliss-reactive ketones (excluding diaryl/α,β-unsaturated/α-hetero) is 1. The summed E-state index contributed by atoms with van der Waals surface area (Å²) in [7, 11) is 0. The molecule has 2 aliphatic carbocycles. The molecule has 0 unspecified atom stereocenters. The molecule has 0 aromatic heterocycles. The van der Waals surface area contributed by atoms with E-state index in [1.807, 2.05) is 42.5 Å². The monoisotopic (exact) mass is 330 g/mol. The first kappa shape index (κ1) is 13.7. The Morgan fingerprint density at radius 2 is 1.56 bits per heavy atom. The number of rotatable bonds is 0. The molecule has 0 radical (unpaired) electrons. The van der Waals surface area contributed by atoms with E-state index in [0.29, 0.717) is 0 Å². The molecule has 4 atom stereocenters. The number of ether oxygens (including phenoxy) is 2. The van der Waals surface area contributed by atoms with Crippen LogP contribution in [-0.4, -0.2) is 18.0 Å². The Labute approximate surface area is 146 Å². The Morgan fingerprint density at radius 3 is 2.44 bits per heavy atom. The lowest BCUT2D eigenvalue weighted by Gasteiger charge is -2.49. The standard InChI is InChI=1S/C22H18O3/c23-21-12-6-1-2-7-13(12)22-20(21)18-14-8-3-4-9-15(14)24-16-10-5-11-17(25-22)19(16)18/h1-4,6-9,16-19H,5,10-11H2/t16-,17+,18-,19-/m1/s1. The van der Waals surface area contributed by atoms with E-state index in [1.165, 1.54) is 0 Å². The zero-order valence-electron chi connectivity index (χ0n) is 13.8. The molecule has 3 heteroatoms. The number of para-hydroxylation sites is 1. The van der Waals surface area contributed by atoms with Gasteiger partial charge in [0, 0.05) is 28.5 Å². The fraction of sp³-hybridized carbons (Fsp3) is 0.318. The molecule has 3 nitrogen and oxygen atoms in total. The zero-order chi connectivity index (χ0) is 16.5. The predicted octanol–water partition coefficient (Wildman–Crippen LogP) is 4.34. The summed E-state index contributed by atoms with van der Waals surface area (Å²) in [5.41, 5.74) is 3.75. The number of ketones is 1. The summed E-state index contributed by atoms with van der Waals surface area (Å²) in [5, 5.41) is 0. The summed E-state index contributed by atoms with van der Waals surface area (Å²) in [6, 6.07) is 16.1. The van der Waals surface area contributed by atoms with Crippen LogP contribution in [0.25, 0.3) is 5.76 Å². The molecule has 4 aliphatic rings. The fourth-order valence-electron chi connectivity index (χ4n) is 5.25. The van der Waals surface area contributed by atoms with Gasteiger partial charge in [0.1, 0.15) is 23.7 Å². The van der Waals surface area contributed by atoms with Crippen LogP contribution in [0.2, 0.25) is 0 Å². The van der Waals surface area contributed by atoms with Crippen LogP contribution in [0.3, 0.4) is 0 Å². The molecule has 0 amide bonds. The maximum atomic E-state index is 13.2. The minimum atomic E-state index is 0.0869. The lowest BCUT2D eigenvalue weighted by molar-refractivity contribution is -0.0401. The first-order valence-corrected chi connectivity index (χ1v) is 9.13. The largest absolute Gasteiger partial charge is 0.490 e. The highest BCUT2D eigenvalue weighted by Gasteiger charge is 2.54. The van der Waals surface area contributed by atoms with Crippen molar-refractivity contribution in [2.24, 2.45) is 5.92 Å². The van der Waals surface area contributed by atoms with E-state index in [9.17, 15) is 4.79 Å². The van der Waals surface area contributed by atoms with Crippen molar-refractivity contribution in [2.75, 3.05) is 0 Å². The van der Waals surface area contributed by atoms with Gasteiger partial charge in [0.2, 0.25) is 0 Å². The van der Waals surface area contributed by atoms with Crippen LogP contribution in [0.1, 0.15) is 46.7 Å². The Balaban J connectivity index is 1.62. The SMILES string of the molecule is O=C1C2=C(O[C@H]3CCC[C@H]4Oc5ccccc5[C@@H]2[C@@H]34)c2ccccc21. The average Bonchev–Trinajstić information content (AvgIpc) is 2.94. The highest BCUT2D eigenvalue weighted by atomic mass is 16.5. The highest BCUT2D eigenvalue weighted by Crippen LogP contribution is 2.57. The molecule has 25 heavy (non-hydrogen) atoms. The van der Waals surface area contributed by atoms with Gasteiger partial charge in [-0.1, -0.05) is 42.5 Å². The number of allylic oxidation sites excluding steroid dienone is 1. The lowest BCUT2D eigenvalue weighted by Crippen LogP contribution is -2.49. The van der Waals surface area contributed by atoms with Gasteiger partial charge < -0.3 is 9.47 Å². The van der Waals surface area contributed by atoms with Gasteiger partial charge in [-0.3, -0.25) is 4.79 Å². The molecule has 2 heterocycles. The number of hydrogen-bond donors (Lipinski definition) is 0. The summed E-state index contributed by atoms with van der Waals surface area (Å²) in [5.74, 6) is 2.22. The van der Waals surface area contributed by atoms with Gasteiger partial charge in [0.05, 0.1) is 5.57 Å². The molecule has 1 saturated carbocycles. The van der Waals surface area contributed by atoms with E-state index < -0.39 is 0 Å². The highest BCUT2D eigenvalue weighted by molar-refractivity contribution is 6.20. The second kappa shape index (κ2) is 4.75. The van der Waals surface area contributed by atoms with Crippen LogP contribution in [0.5, 0.6) is 5.75 Å². The first-order chi connectivity index (χ1) is 12.3. The molecule has 2 aromatic rings. The second-order valence-electron chi connectivity index (χ2n) is 7.45. The molecular formula is C22H18O3. The Kier molecular flexibility index (Phi) is 2.61. The van der Waals surface area contributed by atoms with Crippen LogP contribution < -0.4 is 4.74 Å². The van der Waals surface area contributed by atoms with Gasteiger partial charge in [-0.25, -0.2) is 0 Å². The molecule has 2 aliphatic heterocycles. The van der Waals surface area contributed by atoms with Crippen molar-refractivity contribution in [1.29, 1.82) is 0 Å². The summed E-state index contributed by atoms with van der Waals surface area (Å²) in [4.78, 5) is 13.2. The summed E-state index contributed by atoms with van der Waals surface area (Å²) in [6.45, 7) is 0. The molecule has 6 rings (SSSR count). The normalized spacial score (nSPS) is 31.3. The average molecular weight is 330 g/mol. The molecule has 2 aromatic carbocycles. The summed E-state index contributed by atoms with van der Waals surface area (Å²) >= 11 is 0. The molecule has 0 saturated heterocycles. The van der Waals surface area contributed by atoms with Gasteiger partial charge in [0.25, 0.3) is 0 Å². The van der Waals surface area contributed by atoms with Gasteiger partial charge >= 0.3 is 0 Å². The quantitative estimate of drug-likeness (QED) is 0.721. The molecule has 0 spiro atoms. The van der Waals surface area contributed by atoms with Crippen molar-refractivity contribution in [3.8, 4) is 5.75 Å². The van der Waals surface area contributed by atoms with Crippen molar-refractivity contribution in [2.45, 2.75) is 37.4 Å². The van der Waals surface area contributed by atoms with Crippen LogP contribution in [0.4, 0.5) is 0 Å². The van der Waals surface area contributed by atoms with Gasteiger partial charge in [-0.05, 0) is 25.3 Å². The van der Waals surface area contributed by atoms with Crippen LogP contribution >= 0.6 is 0 Å². The van der Waals surface area contributed by atoms with Gasteiger partial charge in [0.15, 0.2) is 5.78 Å². The Bertz CT molecular complexity index is 942. The van der Waals surface area contributed by atoms with Crippen LogP contribution in [0.15, 0.2) is 54.1 Å². The number of carbonyl (C=O) groups is 1. The van der Waals surface area contributed by atoms with E-state index in [-0.39, 0.29) is 29.8 Å². The molecule has 1 fully saturated rings. The topological polar surface area (TPSA) is 35.5 Å². The van der Waals surface area contributed by atoms with Crippen molar-refractivity contribution >= 4 is 11.5 Å². The third kappa shape index (κ3) is 1.68. The maximum Gasteiger partial charge on any atom is 0.194 e. The van der Waals surface area contributed by atoms with Gasteiger partial charge in [-0.2, -0.15) is 0 Å². The molecule has 124 valence electrons. The summed E-state index contributed by atoms with van der Waals surface area (Å²) < 4.78 is 12.8. The maximum absolute atomic E-state index is 13.2. The zero-order valence-corrected chi connectivity index (χ0v) is 13.8. The predicted molar refractivity (Wildman–Crippen MR) is 93.5 cm³/mol. The van der Waals surface area contributed by atoms with E-state index >= 15 is 0 Å². The smallest absolute Gasteiger partial charge is 0.194 e. The Morgan fingerprint density at radius 1 is 0.840 bits per heavy atom. The van der Waals surface area contributed by atoms with Gasteiger partial charge in [-0.15, -0.1) is 0 Å². The number of fused-ring (bicyclic) bond motifs is 5. The minimum absolute atomic E-state index is 0.0869. The van der Waals surface area contributed by atoms with Crippen molar-refractivity contribution in [3.05, 3.63) is 70.8 Å². The Hall–Kier alpha value is -2.55. The fourth-order valence-corrected chi connectivity index (χ4v) is 5.25. The lowest BCUT2D eigenvalue weighted by atomic mass is 9.67. The van der Waals surface area contributed by atoms with Crippen molar-refractivity contribution in [1.82, 2.24) is 0 Å². The van der Waals surface area contributed by atoms with E-state index in [0.717, 1.165) is 53.0 Å². The van der Waals surface area contributed by atoms with E-state index in [1.54, 1.807) is 0 Å². The van der Waals surface area contributed by atoms with Crippen LogP contribution in [-0.2, 0) is 4.74 Å².